The van der Waals surface area contributed by atoms with Crippen molar-refractivity contribution in [3.63, 3.8) is 0 Å². The van der Waals surface area contributed by atoms with Gasteiger partial charge in [-0.25, -0.2) is 9.98 Å². The number of ether oxygens (including phenoxy) is 1. The molecule has 1 aromatic rings. The van der Waals surface area contributed by atoms with Crippen LogP contribution in [0.4, 0.5) is 5.82 Å². The van der Waals surface area contributed by atoms with E-state index in [1.165, 1.54) is 5.56 Å². The molecule has 2 saturated heterocycles. The van der Waals surface area contributed by atoms with Crippen molar-refractivity contribution in [2.24, 2.45) is 4.99 Å². The van der Waals surface area contributed by atoms with Crippen LogP contribution in [0.2, 0.25) is 0 Å². The van der Waals surface area contributed by atoms with Gasteiger partial charge in [-0.3, -0.25) is 0 Å². The molecular weight excluding hydrogens is 352 g/mol. The molecule has 0 radical (unpaired) electrons. The summed E-state index contributed by atoms with van der Waals surface area (Å²) in [5.74, 6) is 2.08. The highest BCUT2D eigenvalue weighted by Crippen LogP contribution is 2.17. The number of nitrogens with one attached hydrogen (secondary N) is 1. The normalized spacial score (nSPS) is 19.9. The monoisotopic (exact) mass is 388 g/mol. The third-order valence-electron chi connectivity index (χ3n) is 5.53. The minimum Gasteiger partial charge on any atom is -0.378 e. The molecule has 0 atom stereocenters. The van der Waals surface area contributed by atoms with E-state index in [0.29, 0.717) is 12.6 Å². The van der Waals surface area contributed by atoms with Crippen molar-refractivity contribution in [2.75, 3.05) is 64.4 Å². The van der Waals surface area contributed by atoms with E-state index < -0.39 is 0 Å². The van der Waals surface area contributed by atoms with Gasteiger partial charge in [0.05, 0.1) is 12.6 Å². The minimum absolute atomic E-state index is 0.399. The molecule has 1 N–H and O–H groups in total. The summed E-state index contributed by atoms with van der Waals surface area (Å²) in [6.07, 6.45) is 4.46. The molecule has 28 heavy (non-hydrogen) atoms. The Labute approximate surface area is 169 Å². The first-order valence-corrected chi connectivity index (χ1v) is 10.7. The van der Waals surface area contributed by atoms with E-state index in [1.807, 2.05) is 6.20 Å². The van der Waals surface area contributed by atoms with Crippen molar-refractivity contribution in [1.29, 1.82) is 0 Å². The lowest BCUT2D eigenvalue weighted by molar-refractivity contribution is 0.0263. The summed E-state index contributed by atoms with van der Waals surface area (Å²) < 4.78 is 5.78. The fraction of sp³-hybridized carbons (Fsp3) is 0.714. The fourth-order valence-corrected chi connectivity index (χ4v) is 3.83. The lowest BCUT2D eigenvalue weighted by Gasteiger charge is -2.34. The molecule has 7 heteroatoms. The Bertz CT molecular complexity index is 621. The van der Waals surface area contributed by atoms with Crippen LogP contribution >= 0.6 is 0 Å². The summed E-state index contributed by atoms with van der Waals surface area (Å²) >= 11 is 0. The first kappa shape index (κ1) is 20.9. The number of pyridine rings is 1. The van der Waals surface area contributed by atoms with Crippen molar-refractivity contribution in [3.8, 4) is 0 Å². The molecule has 3 heterocycles. The van der Waals surface area contributed by atoms with Crippen LogP contribution in [0.5, 0.6) is 0 Å². The molecule has 2 fully saturated rings. The highest BCUT2D eigenvalue weighted by atomic mass is 16.5. The summed E-state index contributed by atoms with van der Waals surface area (Å²) in [6.45, 7) is 12.8. The number of anilines is 1. The maximum Gasteiger partial charge on any atom is 0.194 e. The molecular formula is C21H36N6O. The standard InChI is InChI=1S/C21H36N6O/c1-4-22-21(27-10-7-19(8-11-27)28-5-2)24-17-18-6-9-23-20(16-18)26-14-12-25(3)13-15-26/h6,9,16,19H,4-5,7-8,10-15,17H2,1-3H3,(H,22,24). The van der Waals surface area contributed by atoms with Crippen molar-refractivity contribution in [3.05, 3.63) is 23.9 Å². The molecule has 156 valence electrons. The Morgan fingerprint density at radius 3 is 2.61 bits per heavy atom. The average Bonchev–Trinajstić information content (AvgIpc) is 2.73. The molecule has 0 unspecified atom stereocenters. The number of likely N-dealkylation sites (N-methyl/N-ethyl adjacent to an activating group) is 1. The van der Waals surface area contributed by atoms with E-state index in [4.69, 9.17) is 9.73 Å². The van der Waals surface area contributed by atoms with E-state index in [1.54, 1.807) is 0 Å². The number of aliphatic imine (C=N–C) groups is 1. The highest BCUT2D eigenvalue weighted by Gasteiger charge is 2.21. The molecule has 0 aromatic carbocycles. The van der Waals surface area contributed by atoms with E-state index in [2.05, 4.69) is 58.0 Å². The number of hydrogen-bond acceptors (Lipinski definition) is 5. The zero-order valence-electron chi connectivity index (χ0n) is 17.7. The van der Waals surface area contributed by atoms with Gasteiger partial charge in [0.1, 0.15) is 5.82 Å². The average molecular weight is 389 g/mol. The number of aromatic nitrogens is 1. The van der Waals surface area contributed by atoms with Gasteiger partial charge in [0, 0.05) is 58.6 Å². The van der Waals surface area contributed by atoms with Crippen LogP contribution in [0.25, 0.3) is 0 Å². The quantitative estimate of drug-likeness (QED) is 0.592. The summed E-state index contributed by atoms with van der Waals surface area (Å²) in [6, 6.07) is 4.27. The van der Waals surface area contributed by atoms with Crippen molar-refractivity contribution < 1.29 is 4.74 Å². The fourth-order valence-electron chi connectivity index (χ4n) is 3.83. The Balaban J connectivity index is 1.61. The summed E-state index contributed by atoms with van der Waals surface area (Å²) in [5.41, 5.74) is 1.21. The van der Waals surface area contributed by atoms with Crippen LogP contribution in [-0.4, -0.2) is 86.3 Å². The summed E-state index contributed by atoms with van der Waals surface area (Å²) in [4.78, 5) is 16.6. The second-order valence-corrected chi connectivity index (χ2v) is 7.62. The SMILES string of the molecule is CCNC(=NCc1ccnc(N2CCN(C)CC2)c1)N1CCC(OCC)CC1. The summed E-state index contributed by atoms with van der Waals surface area (Å²) in [7, 11) is 2.18. The second-order valence-electron chi connectivity index (χ2n) is 7.62. The molecule has 0 amide bonds. The molecule has 7 nitrogen and oxygen atoms in total. The number of piperidine rings is 1. The van der Waals surface area contributed by atoms with Gasteiger partial charge in [-0.15, -0.1) is 0 Å². The molecule has 0 spiro atoms. The van der Waals surface area contributed by atoms with Crippen LogP contribution in [0.3, 0.4) is 0 Å². The first-order valence-electron chi connectivity index (χ1n) is 10.7. The largest absolute Gasteiger partial charge is 0.378 e. The Morgan fingerprint density at radius 2 is 1.93 bits per heavy atom. The van der Waals surface area contributed by atoms with Gasteiger partial charge in [0.2, 0.25) is 0 Å². The smallest absolute Gasteiger partial charge is 0.194 e. The maximum atomic E-state index is 5.78. The van der Waals surface area contributed by atoms with Crippen molar-refractivity contribution in [2.45, 2.75) is 39.3 Å². The lowest BCUT2D eigenvalue weighted by atomic mass is 10.1. The predicted molar refractivity (Wildman–Crippen MR) is 115 cm³/mol. The molecule has 1 aromatic heterocycles. The minimum atomic E-state index is 0.399. The molecule has 0 bridgehead atoms. The maximum absolute atomic E-state index is 5.78. The third-order valence-corrected chi connectivity index (χ3v) is 5.53. The molecule has 2 aliphatic heterocycles. The number of likely N-dealkylation sites (tertiary alicyclic amines) is 1. The molecule has 2 aliphatic rings. The van der Waals surface area contributed by atoms with Crippen molar-refractivity contribution >= 4 is 11.8 Å². The Kier molecular flexibility index (Phi) is 7.91. The van der Waals surface area contributed by atoms with Gasteiger partial charge in [0.15, 0.2) is 5.96 Å². The van der Waals surface area contributed by atoms with Gasteiger partial charge < -0.3 is 24.8 Å². The zero-order chi connectivity index (χ0) is 19.8. The van der Waals surface area contributed by atoms with Gasteiger partial charge in [0.25, 0.3) is 0 Å². The first-order chi connectivity index (χ1) is 13.7. The van der Waals surface area contributed by atoms with E-state index >= 15 is 0 Å². The predicted octanol–water partition coefficient (Wildman–Crippen LogP) is 1.80. The zero-order valence-corrected chi connectivity index (χ0v) is 17.7. The van der Waals surface area contributed by atoms with Gasteiger partial charge >= 0.3 is 0 Å². The van der Waals surface area contributed by atoms with Crippen LogP contribution < -0.4 is 10.2 Å². The summed E-state index contributed by atoms with van der Waals surface area (Å²) in [5, 5.41) is 3.46. The van der Waals surface area contributed by atoms with Crippen LogP contribution in [0, 0.1) is 0 Å². The number of hydrogen-bond donors (Lipinski definition) is 1. The molecule has 0 saturated carbocycles. The third kappa shape index (κ3) is 5.82. The molecule has 0 aliphatic carbocycles. The van der Waals surface area contributed by atoms with Crippen LogP contribution in [-0.2, 0) is 11.3 Å². The van der Waals surface area contributed by atoms with E-state index in [9.17, 15) is 0 Å². The number of rotatable bonds is 6. The highest BCUT2D eigenvalue weighted by molar-refractivity contribution is 5.80. The number of piperazine rings is 1. The number of guanidine groups is 1. The van der Waals surface area contributed by atoms with E-state index in [-0.39, 0.29) is 0 Å². The second kappa shape index (κ2) is 10.6. The lowest BCUT2D eigenvalue weighted by Crippen LogP contribution is -2.47. The molecule has 3 rings (SSSR count). The van der Waals surface area contributed by atoms with Gasteiger partial charge in [-0.1, -0.05) is 0 Å². The Morgan fingerprint density at radius 1 is 1.18 bits per heavy atom. The van der Waals surface area contributed by atoms with Crippen molar-refractivity contribution in [1.82, 2.24) is 20.1 Å². The van der Waals surface area contributed by atoms with Crippen LogP contribution in [0.1, 0.15) is 32.3 Å². The van der Waals surface area contributed by atoms with Gasteiger partial charge in [-0.05, 0) is 51.4 Å². The Hall–Kier alpha value is -1.86. The van der Waals surface area contributed by atoms with Gasteiger partial charge in [-0.2, -0.15) is 0 Å². The van der Waals surface area contributed by atoms with Crippen LogP contribution in [0.15, 0.2) is 23.3 Å². The number of nitrogens with zero attached hydrogens (tertiary/aromatic N) is 5. The topological polar surface area (TPSA) is 56.2 Å². The van der Waals surface area contributed by atoms with E-state index in [0.717, 1.165) is 77.0 Å².